The van der Waals surface area contributed by atoms with E-state index >= 15 is 0 Å². The molecule has 1 amide bonds. The first-order valence-corrected chi connectivity index (χ1v) is 6.83. The van der Waals surface area contributed by atoms with Gasteiger partial charge in [0.15, 0.2) is 6.61 Å². The van der Waals surface area contributed by atoms with Gasteiger partial charge in [-0.3, -0.25) is 4.79 Å². The second kappa shape index (κ2) is 6.24. The molecule has 3 N–H and O–H groups in total. The van der Waals surface area contributed by atoms with Crippen LogP contribution < -0.4 is 10.1 Å². The van der Waals surface area contributed by atoms with Crippen LogP contribution in [0.15, 0.2) is 18.2 Å². The average Bonchev–Trinajstić information content (AvgIpc) is 2.70. The number of nitrogens with one attached hydrogen (secondary N) is 1. The van der Waals surface area contributed by atoms with E-state index in [9.17, 15) is 15.0 Å². The van der Waals surface area contributed by atoms with Crippen molar-refractivity contribution in [1.82, 2.24) is 5.32 Å². The van der Waals surface area contributed by atoms with E-state index in [1.54, 1.807) is 0 Å². The van der Waals surface area contributed by atoms with Crippen LogP contribution in [0.5, 0.6) is 5.75 Å². The molecule has 2 rings (SSSR count). The second-order valence-electron chi connectivity index (χ2n) is 5.32. The molecule has 0 aliphatic heterocycles. The lowest BCUT2D eigenvalue weighted by molar-refractivity contribution is -0.124. The maximum Gasteiger partial charge on any atom is 0.258 e. The topological polar surface area (TPSA) is 78.8 Å². The van der Waals surface area contributed by atoms with Gasteiger partial charge in [0.1, 0.15) is 5.75 Å². The summed E-state index contributed by atoms with van der Waals surface area (Å²) in [4.78, 5) is 11.8. The third-order valence-corrected chi connectivity index (χ3v) is 3.68. The van der Waals surface area contributed by atoms with E-state index in [-0.39, 0.29) is 18.6 Å². The van der Waals surface area contributed by atoms with Crippen LogP contribution in [0.4, 0.5) is 0 Å². The minimum absolute atomic E-state index is 0.0923. The van der Waals surface area contributed by atoms with E-state index in [4.69, 9.17) is 4.74 Å². The Kier molecular flexibility index (Phi) is 4.62. The molecule has 1 aliphatic rings. The van der Waals surface area contributed by atoms with Crippen LogP contribution in [-0.4, -0.2) is 41.0 Å². The van der Waals surface area contributed by atoms with Crippen molar-refractivity contribution in [2.75, 3.05) is 6.61 Å². The molecular formula is C15H21NO4. The van der Waals surface area contributed by atoms with Crippen LogP contribution in [0.2, 0.25) is 0 Å². The van der Waals surface area contributed by atoms with Crippen LogP contribution in [0, 0.1) is 13.8 Å². The van der Waals surface area contributed by atoms with Crippen molar-refractivity contribution in [3.63, 3.8) is 0 Å². The Labute approximate surface area is 118 Å². The van der Waals surface area contributed by atoms with E-state index < -0.39 is 12.2 Å². The zero-order valence-corrected chi connectivity index (χ0v) is 11.8. The SMILES string of the molecule is Cc1cccc(C)c1OCC(=O)N[C@@H]1CC[C@@H](O)[C@@H]1O. The maximum absolute atomic E-state index is 11.8. The predicted molar refractivity (Wildman–Crippen MR) is 74.6 cm³/mol. The molecular weight excluding hydrogens is 258 g/mol. The van der Waals surface area contributed by atoms with Crippen molar-refractivity contribution in [3.8, 4) is 5.75 Å². The normalized spacial score (nSPS) is 25.5. The number of para-hydroxylation sites is 1. The van der Waals surface area contributed by atoms with Gasteiger partial charge in [-0.25, -0.2) is 0 Å². The third kappa shape index (κ3) is 3.29. The number of aliphatic hydroxyl groups is 2. The van der Waals surface area contributed by atoms with E-state index in [1.165, 1.54) is 0 Å². The van der Waals surface area contributed by atoms with Gasteiger partial charge in [0, 0.05) is 0 Å². The zero-order chi connectivity index (χ0) is 14.7. The van der Waals surface area contributed by atoms with Gasteiger partial charge < -0.3 is 20.3 Å². The molecule has 0 unspecified atom stereocenters. The molecule has 0 saturated heterocycles. The van der Waals surface area contributed by atoms with Gasteiger partial charge >= 0.3 is 0 Å². The van der Waals surface area contributed by atoms with Gasteiger partial charge in [0.2, 0.25) is 0 Å². The van der Waals surface area contributed by atoms with Crippen LogP contribution in [0.3, 0.4) is 0 Å². The van der Waals surface area contributed by atoms with Gasteiger partial charge in [-0.1, -0.05) is 18.2 Å². The summed E-state index contributed by atoms with van der Waals surface area (Å²) in [5, 5.41) is 21.8. The molecule has 0 bridgehead atoms. The molecule has 0 spiro atoms. The Morgan fingerprint density at radius 2 is 1.95 bits per heavy atom. The highest BCUT2D eigenvalue weighted by Crippen LogP contribution is 2.22. The van der Waals surface area contributed by atoms with E-state index in [0.29, 0.717) is 12.8 Å². The maximum atomic E-state index is 11.8. The zero-order valence-electron chi connectivity index (χ0n) is 11.8. The van der Waals surface area contributed by atoms with Crippen molar-refractivity contribution < 1.29 is 19.7 Å². The molecule has 0 radical (unpaired) electrons. The van der Waals surface area contributed by atoms with Crippen LogP contribution in [-0.2, 0) is 4.79 Å². The highest BCUT2D eigenvalue weighted by atomic mass is 16.5. The second-order valence-corrected chi connectivity index (χ2v) is 5.32. The highest BCUT2D eigenvalue weighted by molar-refractivity contribution is 5.78. The van der Waals surface area contributed by atoms with Crippen molar-refractivity contribution in [2.24, 2.45) is 0 Å². The van der Waals surface area contributed by atoms with Crippen molar-refractivity contribution >= 4 is 5.91 Å². The fourth-order valence-electron chi connectivity index (χ4n) is 2.53. The Hall–Kier alpha value is -1.59. The molecule has 110 valence electrons. The number of carbonyl (C=O) groups excluding carboxylic acids is 1. The first kappa shape index (κ1) is 14.8. The molecule has 1 aliphatic carbocycles. The van der Waals surface area contributed by atoms with Crippen LogP contribution in [0.1, 0.15) is 24.0 Å². The molecule has 5 nitrogen and oxygen atoms in total. The molecule has 5 heteroatoms. The average molecular weight is 279 g/mol. The fraction of sp³-hybridized carbons (Fsp3) is 0.533. The van der Waals surface area contributed by atoms with Crippen molar-refractivity contribution in [3.05, 3.63) is 29.3 Å². The summed E-state index contributed by atoms with van der Waals surface area (Å²) in [7, 11) is 0. The number of benzene rings is 1. The van der Waals surface area contributed by atoms with Gasteiger partial charge in [0.05, 0.1) is 18.2 Å². The number of hydrogen-bond acceptors (Lipinski definition) is 4. The summed E-state index contributed by atoms with van der Waals surface area (Å²) < 4.78 is 5.55. The number of hydrogen-bond donors (Lipinski definition) is 3. The quantitative estimate of drug-likeness (QED) is 0.757. The summed E-state index contributed by atoms with van der Waals surface area (Å²) in [6.07, 6.45) is -0.555. The largest absolute Gasteiger partial charge is 0.483 e. The molecule has 0 aromatic heterocycles. The van der Waals surface area contributed by atoms with Crippen molar-refractivity contribution in [2.45, 2.75) is 44.9 Å². The number of aryl methyl sites for hydroxylation is 2. The van der Waals surface area contributed by atoms with Crippen molar-refractivity contribution in [1.29, 1.82) is 0 Å². The number of amides is 1. The van der Waals surface area contributed by atoms with E-state index in [0.717, 1.165) is 16.9 Å². The van der Waals surface area contributed by atoms with Gasteiger partial charge in [0.25, 0.3) is 5.91 Å². The minimum atomic E-state index is -0.890. The number of ether oxygens (including phenoxy) is 1. The minimum Gasteiger partial charge on any atom is -0.483 e. The fourth-order valence-corrected chi connectivity index (χ4v) is 2.53. The molecule has 1 fully saturated rings. The van der Waals surface area contributed by atoms with Gasteiger partial charge in [-0.2, -0.15) is 0 Å². The molecule has 3 atom stereocenters. The third-order valence-electron chi connectivity index (χ3n) is 3.68. The first-order chi connectivity index (χ1) is 9.49. The predicted octanol–water partition coefficient (Wildman–Crippen LogP) is 0.683. The lowest BCUT2D eigenvalue weighted by atomic mass is 10.1. The summed E-state index contributed by atoms with van der Waals surface area (Å²) >= 11 is 0. The molecule has 0 heterocycles. The van der Waals surface area contributed by atoms with E-state index in [1.807, 2.05) is 32.0 Å². The Morgan fingerprint density at radius 1 is 1.30 bits per heavy atom. The number of aliphatic hydroxyl groups excluding tert-OH is 2. The Bertz CT molecular complexity index is 469. The van der Waals surface area contributed by atoms with Crippen LogP contribution in [0.25, 0.3) is 0 Å². The van der Waals surface area contributed by atoms with Gasteiger partial charge in [-0.05, 0) is 37.8 Å². The number of carbonyl (C=O) groups is 1. The Morgan fingerprint density at radius 3 is 2.50 bits per heavy atom. The summed E-state index contributed by atoms with van der Waals surface area (Å²) in [5.74, 6) is 0.431. The molecule has 1 saturated carbocycles. The van der Waals surface area contributed by atoms with Crippen LogP contribution >= 0.6 is 0 Å². The highest BCUT2D eigenvalue weighted by Gasteiger charge is 2.34. The monoisotopic (exact) mass is 279 g/mol. The number of rotatable bonds is 4. The van der Waals surface area contributed by atoms with E-state index in [2.05, 4.69) is 5.32 Å². The lowest BCUT2D eigenvalue weighted by Gasteiger charge is -2.18. The molecule has 1 aromatic rings. The molecule has 20 heavy (non-hydrogen) atoms. The lowest BCUT2D eigenvalue weighted by Crippen LogP contribution is -2.44. The Balaban J connectivity index is 1.87. The summed E-state index contributed by atoms with van der Waals surface area (Å²) in [5.41, 5.74) is 1.96. The summed E-state index contributed by atoms with van der Waals surface area (Å²) in [6.45, 7) is 3.76. The standard InChI is InChI=1S/C15H21NO4/c1-9-4-3-5-10(2)15(9)20-8-13(18)16-11-6-7-12(17)14(11)19/h3-5,11-12,14,17,19H,6-8H2,1-2H3,(H,16,18)/t11-,12-,14-/m1/s1. The smallest absolute Gasteiger partial charge is 0.258 e. The van der Waals surface area contributed by atoms with Gasteiger partial charge in [-0.15, -0.1) is 0 Å². The molecule has 1 aromatic carbocycles. The summed E-state index contributed by atoms with van der Waals surface area (Å²) in [6, 6.07) is 5.40. The first-order valence-electron chi connectivity index (χ1n) is 6.83.